The van der Waals surface area contributed by atoms with Crippen molar-refractivity contribution in [2.45, 2.75) is 11.9 Å². The molecule has 0 spiro atoms. The minimum absolute atomic E-state index is 0.640. The molecule has 2 heterocycles. The van der Waals surface area contributed by atoms with Crippen LogP contribution < -0.4 is 0 Å². The van der Waals surface area contributed by atoms with Gasteiger partial charge in [0.1, 0.15) is 0 Å². The van der Waals surface area contributed by atoms with Crippen LogP contribution in [0.1, 0.15) is 11.4 Å². The summed E-state index contributed by atoms with van der Waals surface area (Å²) in [5.74, 6) is 0. The van der Waals surface area contributed by atoms with E-state index < -0.39 is 0 Å². The number of nitrogens with zero attached hydrogens (tertiary/aromatic N) is 5. The first-order valence-electron chi connectivity index (χ1n) is 5.63. The van der Waals surface area contributed by atoms with Crippen molar-refractivity contribution in [2.24, 2.45) is 7.05 Å². The predicted molar refractivity (Wildman–Crippen MR) is 72.5 cm³/mol. The van der Waals surface area contributed by atoms with Gasteiger partial charge in [0, 0.05) is 24.0 Å². The molecule has 0 aliphatic heterocycles. The van der Waals surface area contributed by atoms with Gasteiger partial charge in [0.15, 0.2) is 0 Å². The lowest BCUT2D eigenvalue weighted by Crippen LogP contribution is -2.02. The summed E-state index contributed by atoms with van der Waals surface area (Å²) in [4.78, 5) is 0. The Hall–Kier alpha value is -1.69. The lowest BCUT2D eigenvalue weighted by atomic mass is 10.2. The van der Waals surface area contributed by atoms with Crippen molar-refractivity contribution in [2.75, 3.05) is 0 Å². The lowest BCUT2D eigenvalue weighted by Gasteiger charge is -1.96. The van der Waals surface area contributed by atoms with Crippen LogP contribution in [0.25, 0.3) is 10.9 Å². The van der Waals surface area contributed by atoms with E-state index in [-0.39, 0.29) is 0 Å². The Labute approximate surface area is 113 Å². The number of fused-ring (bicyclic) bond motifs is 1. The number of alkyl halides is 1. The average Bonchev–Trinajstić information content (AvgIpc) is 2.97. The van der Waals surface area contributed by atoms with E-state index in [4.69, 9.17) is 0 Å². The second-order valence-electron chi connectivity index (χ2n) is 4.13. The molecule has 5 nitrogen and oxygen atoms in total. The van der Waals surface area contributed by atoms with Crippen molar-refractivity contribution in [1.82, 2.24) is 24.8 Å². The van der Waals surface area contributed by atoms with Crippen molar-refractivity contribution in [3.8, 4) is 0 Å². The SMILES string of the molecule is Cn1nc(Cn2cc(CBr)nn2)c2ccccc21. The fourth-order valence-corrected chi connectivity index (χ4v) is 2.29. The highest BCUT2D eigenvalue weighted by molar-refractivity contribution is 9.08. The fourth-order valence-electron chi connectivity index (χ4n) is 2.04. The third-order valence-corrected chi connectivity index (χ3v) is 3.44. The lowest BCUT2D eigenvalue weighted by molar-refractivity contribution is 0.628. The molecule has 3 rings (SSSR count). The first kappa shape index (κ1) is 11.4. The van der Waals surface area contributed by atoms with Gasteiger partial charge >= 0.3 is 0 Å². The van der Waals surface area contributed by atoms with Crippen molar-refractivity contribution < 1.29 is 0 Å². The molecule has 92 valence electrons. The number of aryl methyl sites for hydroxylation is 1. The monoisotopic (exact) mass is 305 g/mol. The quantitative estimate of drug-likeness (QED) is 0.696. The number of hydrogen-bond acceptors (Lipinski definition) is 3. The molecule has 18 heavy (non-hydrogen) atoms. The van der Waals surface area contributed by atoms with Crippen LogP contribution in [0.3, 0.4) is 0 Å². The molecule has 0 bridgehead atoms. The van der Waals surface area contributed by atoms with Crippen LogP contribution in [-0.2, 0) is 18.9 Å². The summed E-state index contributed by atoms with van der Waals surface area (Å²) in [6.45, 7) is 0.640. The molecule has 0 aliphatic rings. The molecule has 0 atom stereocenters. The normalized spacial score (nSPS) is 11.2. The zero-order valence-electron chi connectivity index (χ0n) is 9.91. The molecule has 0 unspecified atom stereocenters. The first-order valence-corrected chi connectivity index (χ1v) is 6.75. The highest BCUT2D eigenvalue weighted by Crippen LogP contribution is 2.18. The van der Waals surface area contributed by atoms with Gasteiger partial charge in [-0.05, 0) is 6.07 Å². The van der Waals surface area contributed by atoms with Crippen LogP contribution in [0.15, 0.2) is 30.5 Å². The van der Waals surface area contributed by atoms with E-state index >= 15 is 0 Å². The number of halogens is 1. The average molecular weight is 306 g/mol. The summed E-state index contributed by atoms with van der Waals surface area (Å²) >= 11 is 3.36. The number of aromatic nitrogens is 5. The highest BCUT2D eigenvalue weighted by atomic mass is 79.9. The molecule has 1 aromatic carbocycles. The molecule has 0 fully saturated rings. The third kappa shape index (κ3) is 1.92. The molecule has 2 aromatic heterocycles. The third-order valence-electron chi connectivity index (χ3n) is 2.87. The zero-order chi connectivity index (χ0) is 12.5. The topological polar surface area (TPSA) is 48.5 Å². The number of rotatable bonds is 3. The fraction of sp³-hybridized carbons (Fsp3) is 0.250. The summed E-state index contributed by atoms with van der Waals surface area (Å²) < 4.78 is 3.71. The smallest absolute Gasteiger partial charge is 0.0932 e. The maximum absolute atomic E-state index is 4.54. The molecule has 0 radical (unpaired) electrons. The van der Waals surface area contributed by atoms with E-state index in [2.05, 4.69) is 43.5 Å². The standard InChI is InChI=1S/C12H12BrN5/c1-17-12-5-3-2-4-10(12)11(15-17)8-18-7-9(6-13)14-16-18/h2-5,7H,6,8H2,1H3. The Morgan fingerprint density at radius 2 is 2.11 bits per heavy atom. The minimum Gasteiger partial charge on any atom is -0.268 e. The number of benzene rings is 1. The maximum atomic E-state index is 4.54. The van der Waals surface area contributed by atoms with Gasteiger partial charge in [0.05, 0.1) is 23.4 Å². The summed E-state index contributed by atoms with van der Waals surface area (Å²) in [7, 11) is 1.96. The van der Waals surface area contributed by atoms with Gasteiger partial charge < -0.3 is 0 Å². The Balaban J connectivity index is 1.99. The van der Waals surface area contributed by atoms with Crippen LogP contribution in [0.2, 0.25) is 0 Å². The molecule has 3 aromatic rings. The van der Waals surface area contributed by atoms with Gasteiger partial charge in [-0.1, -0.05) is 39.3 Å². The first-order chi connectivity index (χ1) is 8.78. The molecule has 0 saturated heterocycles. The Kier molecular flexibility index (Phi) is 2.87. The van der Waals surface area contributed by atoms with Crippen LogP contribution in [0.5, 0.6) is 0 Å². The van der Waals surface area contributed by atoms with E-state index in [0.717, 1.165) is 27.6 Å². The summed E-state index contributed by atoms with van der Waals surface area (Å²) in [5, 5.41) is 14.6. The van der Waals surface area contributed by atoms with Crippen molar-refractivity contribution in [3.05, 3.63) is 41.9 Å². The molecule has 0 N–H and O–H groups in total. The van der Waals surface area contributed by atoms with Crippen molar-refractivity contribution in [1.29, 1.82) is 0 Å². The minimum atomic E-state index is 0.640. The van der Waals surface area contributed by atoms with Gasteiger partial charge in [-0.15, -0.1) is 5.10 Å². The molecule has 0 aliphatic carbocycles. The van der Waals surface area contributed by atoms with Gasteiger partial charge in [0.2, 0.25) is 0 Å². The van der Waals surface area contributed by atoms with Crippen molar-refractivity contribution in [3.63, 3.8) is 0 Å². The summed E-state index contributed by atoms with van der Waals surface area (Å²) in [6.07, 6.45) is 1.93. The second-order valence-corrected chi connectivity index (χ2v) is 4.69. The Bertz CT molecular complexity index is 685. The summed E-state index contributed by atoms with van der Waals surface area (Å²) in [5.41, 5.74) is 3.07. The van der Waals surface area contributed by atoms with E-state index in [9.17, 15) is 0 Å². The second kappa shape index (κ2) is 4.53. The van der Waals surface area contributed by atoms with Crippen molar-refractivity contribution >= 4 is 26.8 Å². The van der Waals surface area contributed by atoms with Crippen LogP contribution >= 0.6 is 15.9 Å². The molecular weight excluding hydrogens is 294 g/mol. The highest BCUT2D eigenvalue weighted by Gasteiger charge is 2.09. The van der Waals surface area contributed by atoms with E-state index in [1.54, 1.807) is 0 Å². The van der Waals surface area contributed by atoms with E-state index in [1.807, 2.05) is 34.7 Å². The maximum Gasteiger partial charge on any atom is 0.0932 e. The summed E-state index contributed by atoms with van der Waals surface area (Å²) in [6, 6.07) is 8.20. The van der Waals surface area contributed by atoms with Gasteiger partial charge in [-0.2, -0.15) is 5.10 Å². The van der Waals surface area contributed by atoms with E-state index in [1.165, 1.54) is 0 Å². The predicted octanol–water partition coefficient (Wildman–Crippen LogP) is 2.11. The van der Waals surface area contributed by atoms with E-state index in [0.29, 0.717) is 6.54 Å². The van der Waals surface area contributed by atoms with Crippen LogP contribution in [-0.4, -0.2) is 24.8 Å². The molecule has 0 saturated carbocycles. The molecule has 6 heteroatoms. The van der Waals surface area contributed by atoms with Gasteiger partial charge in [0.25, 0.3) is 0 Å². The largest absolute Gasteiger partial charge is 0.268 e. The van der Waals surface area contributed by atoms with Crippen LogP contribution in [0.4, 0.5) is 0 Å². The number of para-hydroxylation sites is 1. The number of hydrogen-bond donors (Lipinski definition) is 0. The van der Waals surface area contributed by atoms with Gasteiger partial charge in [-0.3, -0.25) is 4.68 Å². The van der Waals surface area contributed by atoms with Gasteiger partial charge in [-0.25, -0.2) is 4.68 Å². The zero-order valence-corrected chi connectivity index (χ0v) is 11.5. The Morgan fingerprint density at radius 3 is 2.89 bits per heavy atom. The Morgan fingerprint density at radius 1 is 1.28 bits per heavy atom. The molecular formula is C12H12BrN5. The van der Waals surface area contributed by atoms with Crippen LogP contribution in [0, 0.1) is 0 Å². The molecule has 0 amide bonds.